The third kappa shape index (κ3) is 4.18. The van der Waals surface area contributed by atoms with Crippen LogP contribution in [0.4, 0.5) is 5.69 Å². The van der Waals surface area contributed by atoms with Gasteiger partial charge >= 0.3 is 5.97 Å². The molecule has 0 aliphatic heterocycles. The third-order valence-corrected chi connectivity index (χ3v) is 4.87. The number of anilines is 1. The van der Waals surface area contributed by atoms with E-state index in [2.05, 4.69) is 15.5 Å². The van der Waals surface area contributed by atoms with Crippen molar-refractivity contribution in [2.75, 3.05) is 5.32 Å². The highest BCUT2D eigenvalue weighted by atomic mass is 35.5. The van der Waals surface area contributed by atoms with Gasteiger partial charge in [0, 0.05) is 21.8 Å². The van der Waals surface area contributed by atoms with Crippen molar-refractivity contribution in [1.29, 1.82) is 0 Å². The molecule has 8 nitrogen and oxygen atoms in total. The maximum Gasteiger partial charge on any atom is 0.325 e. The van der Waals surface area contributed by atoms with Gasteiger partial charge in [-0.2, -0.15) is 10.2 Å². The van der Waals surface area contributed by atoms with Crippen LogP contribution in [0, 0.1) is 13.8 Å². The molecule has 2 N–H and O–H groups in total. The summed E-state index contributed by atoms with van der Waals surface area (Å²) in [6.07, 6.45) is 1.44. The Morgan fingerprint density at radius 3 is 2.46 bits per heavy atom. The predicted molar refractivity (Wildman–Crippen MR) is 105 cm³/mol. The fourth-order valence-electron chi connectivity index (χ4n) is 2.75. The molecule has 2 aromatic heterocycles. The summed E-state index contributed by atoms with van der Waals surface area (Å²) in [6, 6.07) is 6.73. The lowest BCUT2D eigenvalue weighted by Crippen LogP contribution is -2.16. The van der Waals surface area contributed by atoms with Crippen LogP contribution in [0.25, 0.3) is 0 Å². The number of hydrogen-bond donors (Lipinski definition) is 2. The van der Waals surface area contributed by atoms with Crippen LogP contribution in [-0.4, -0.2) is 36.5 Å². The van der Waals surface area contributed by atoms with Gasteiger partial charge in [0.1, 0.15) is 6.54 Å². The molecule has 146 valence electrons. The van der Waals surface area contributed by atoms with E-state index in [0.29, 0.717) is 28.0 Å². The molecule has 0 saturated carbocycles. The number of nitrogens with zero attached hydrogens (tertiary/aromatic N) is 4. The molecule has 28 heavy (non-hydrogen) atoms. The van der Waals surface area contributed by atoms with Crippen LogP contribution in [0.2, 0.25) is 10.0 Å². The number of rotatable bonds is 6. The number of aryl methyl sites for hydroxylation is 1. The minimum atomic E-state index is -1.04. The molecule has 0 unspecified atom stereocenters. The number of carboxylic acids is 1. The van der Waals surface area contributed by atoms with Gasteiger partial charge in [0.05, 0.1) is 23.6 Å². The minimum absolute atomic E-state index is 0.113. The van der Waals surface area contributed by atoms with Gasteiger partial charge in [-0.1, -0.05) is 29.3 Å². The zero-order chi connectivity index (χ0) is 20.4. The van der Waals surface area contributed by atoms with Crippen molar-refractivity contribution in [2.45, 2.75) is 26.9 Å². The number of carbonyl (C=O) groups excluding carboxylic acids is 1. The maximum atomic E-state index is 12.5. The zero-order valence-corrected chi connectivity index (χ0v) is 16.6. The molecular weight excluding hydrogens is 405 g/mol. The molecule has 1 aromatic carbocycles. The summed E-state index contributed by atoms with van der Waals surface area (Å²) >= 11 is 12.5. The van der Waals surface area contributed by atoms with Crippen LogP contribution in [0.5, 0.6) is 0 Å². The Morgan fingerprint density at radius 2 is 1.82 bits per heavy atom. The lowest BCUT2D eigenvalue weighted by molar-refractivity contribution is -0.137. The van der Waals surface area contributed by atoms with E-state index in [1.165, 1.54) is 16.9 Å². The zero-order valence-electron chi connectivity index (χ0n) is 15.1. The first-order chi connectivity index (χ1) is 13.3. The Labute approximate surface area is 170 Å². The second-order valence-electron chi connectivity index (χ2n) is 6.15. The third-order valence-electron chi connectivity index (χ3n) is 4.16. The smallest absolute Gasteiger partial charge is 0.325 e. The normalized spacial score (nSPS) is 10.9. The average molecular weight is 422 g/mol. The van der Waals surface area contributed by atoms with Gasteiger partial charge in [-0.05, 0) is 32.0 Å². The lowest BCUT2D eigenvalue weighted by atomic mass is 10.2. The van der Waals surface area contributed by atoms with Gasteiger partial charge < -0.3 is 10.4 Å². The van der Waals surface area contributed by atoms with E-state index < -0.39 is 11.9 Å². The van der Waals surface area contributed by atoms with Gasteiger partial charge in [0.25, 0.3) is 5.91 Å². The topological polar surface area (TPSA) is 102 Å². The van der Waals surface area contributed by atoms with E-state index in [-0.39, 0.29) is 12.2 Å². The largest absolute Gasteiger partial charge is 0.480 e. The molecule has 0 atom stereocenters. The van der Waals surface area contributed by atoms with Gasteiger partial charge in [-0.25, -0.2) is 0 Å². The Balaban J connectivity index is 1.81. The van der Waals surface area contributed by atoms with E-state index in [0.717, 1.165) is 11.3 Å². The van der Waals surface area contributed by atoms with E-state index in [9.17, 15) is 9.59 Å². The average Bonchev–Trinajstić information content (AvgIpc) is 3.18. The summed E-state index contributed by atoms with van der Waals surface area (Å²) in [7, 11) is 0. The van der Waals surface area contributed by atoms with Crippen molar-refractivity contribution in [2.24, 2.45) is 0 Å². The maximum absolute atomic E-state index is 12.5. The van der Waals surface area contributed by atoms with Crippen LogP contribution in [0.3, 0.4) is 0 Å². The molecule has 3 rings (SSSR count). The molecular formula is C18H17Cl2N5O3. The summed E-state index contributed by atoms with van der Waals surface area (Å²) in [5.74, 6) is -1.49. The Morgan fingerprint density at radius 1 is 1.14 bits per heavy atom. The highest BCUT2D eigenvalue weighted by Gasteiger charge is 2.18. The van der Waals surface area contributed by atoms with Crippen molar-refractivity contribution in [3.05, 3.63) is 63.2 Å². The first-order valence-electron chi connectivity index (χ1n) is 8.29. The van der Waals surface area contributed by atoms with Gasteiger partial charge in [-0.15, -0.1) is 0 Å². The fraction of sp³-hybridized carbons (Fsp3) is 0.222. The summed E-state index contributed by atoms with van der Waals surface area (Å²) in [5.41, 5.74) is 2.76. The molecule has 0 fully saturated rings. The standard InChI is InChI=1S/C18H17Cl2N5O3/c1-10-17(21-18(28)15-6-7-24(23-15)9-16(26)27)11(2)25(22-10)8-12-13(19)4-3-5-14(12)20/h3-7H,8-9H2,1-2H3,(H,21,28)(H,26,27). The Kier molecular flexibility index (Phi) is 5.71. The quantitative estimate of drug-likeness (QED) is 0.634. The minimum Gasteiger partial charge on any atom is -0.480 e. The predicted octanol–water partition coefficient (Wildman–Crippen LogP) is 3.39. The first kappa shape index (κ1) is 19.9. The number of nitrogens with one attached hydrogen (secondary N) is 1. The molecule has 1 amide bonds. The van der Waals surface area contributed by atoms with E-state index in [1.54, 1.807) is 29.8 Å². The van der Waals surface area contributed by atoms with Crippen LogP contribution >= 0.6 is 23.2 Å². The SMILES string of the molecule is Cc1nn(Cc2c(Cl)cccc2Cl)c(C)c1NC(=O)c1ccn(CC(=O)O)n1. The number of aliphatic carboxylic acids is 1. The highest BCUT2D eigenvalue weighted by Crippen LogP contribution is 2.27. The number of carbonyl (C=O) groups is 2. The Hall–Kier alpha value is -2.84. The van der Waals surface area contributed by atoms with E-state index in [4.69, 9.17) is 28.3 Å². The second-order valence-corrected chi connectivity index (χ2v) is 6.96. The van der Waals surface area contributed by atoms with Gasteiger partial charge in [0.2, 0.25) is 0 Å². The number of hydrogen-bond acceptors (Lipinski definition) is 4. The summed E-state index contributed by atoms with van der Waals surface area (Å²) in [6.45, 7) is 3.63. The number of aromatic nitrogens is 4. The van der Waals surface area contributed by atoms with Crippen LogP contribution in [0.15, 0.2) is 30.5 Å². The van der Waals surface area contributed by atoms with E-state index in [1.807, 2.05) is 6.92 Å². The number of amides is 1. The number of halogens is 2. The van der Waals surface area contributed by atoms with Gasteiger partial charge in [0.15, 0.2) is 5.69 Å². The molecule has 0 saturated heterocycles. The highest BCUT2D eigenvalue weighted by molar-refractivity contribution is 6.36. The van der Waals surface area contributed by atoms with E-state index >= 15 is 0 Å². The molecule has 0 aliphatic carbocycles. The number of carboxylic acid groups (broad SMARTS) is 1. The lowest BCUT2D eigenvalue weighted by Gasteiger charge is -2.09. The molecule has 0 radical (unpaired) electrons. The molecule has 10 heteroatoms. The first-order valence-corrected chi connectivity index (χ1v) is 9.05. The summed E-state index contributed by atoms with van der Waals surface area (Å²) in [4.78, 5) is 23.2. The van der Waals surface area contributed by atoms with Crippen molar-refractivity contribution in [3.8, 4) is 0 Å². The van der Waals surface area contributed by atoms with Gasteiger partial charge in [-0.3, -0.25) is 19.0 Å². The summed E-state index contributed by atoms with van der Waals surface area (Å²) < 4.78 is 2.89. The van der Waals surface area contributed by atoms with Crippen LogP contribution < -0.4 is 5.32 Å². The molecule has 2 heterocycles. The second kappa shape index (κ2) is 8.04. The van der Waals surface area contributed by atoms with Crippen molar-refractivity contribution in [3.63, 3.8) is 0 Å². The van der Waals surface area contributed by atoms with Crippen LogP contribution in [0.1, 0.15) is 27.4 Å². The Bertz CT molecular complexity index is 1040. The van der Waals surface area contributed by atoms with Crippen molar-refractivity contribution >= 4 is 40.8 Å². The monoisotopic (exact) mass is 421 g/mol. The van der Waals surface area contributed by atoms with Crippen LogP contribution in [-0.2, 0) is 17.9 Å². The molecule has 0 aliphatic rings. The molecule has 0 spiro atoms. The molecule has 0 bridgehead atoms. The van der Waals surface area contributed by atoms with Crippen molar-refractivity contribution < 1.29 is 14.7 Å². The summed E-state index contributed by atoms with van der Waals surface area (Å²) in [5, 5.41) is 21.1. The molecule has 3 aromatic rings. The number of benzene rings is 1. The van der Waals surface area contributed by atoms with Crippen molar-refractivity contribution in [1.82, 2.24) is 19.6 Å². The fourth-order valence-corrected chi connectivity index (χ4v) is 3.27.